The number of hydrogen-bond donors (Lipinski definition) is 1. The summed E-state index contributed by atoms with van der Waals surface area (Å²) in [5.74, 6) is -0.0941. The van der Waals surface area contributed by atoms with Crippen LogP contribution in [0.2, 0.25) is 0 Å². The van der Waals surface area contributed by atoms with Gasteiger partial charge in [-0.15, -0.1) is 0 Å². The first-order valence-corrected chi connectivity index (χ1v) is 13.0. The minimum absolute atomic E-state index is 0.136. The highest BCUT2D eigenvalue weighted by Crippen LogP contribution is 2.51. The maximum absolute atomic E-state index is 12.8. The molecule has 13 heteroatoms. The molecule has 0 aromatic carbocycles. The molecular formula is C21H32N5O7P. The van der Waals surface area contributed by atoms with Crippen molar-refractivity contribution in [3.8, 4) is 0 Å². The minimum atomic E-state index is -3.41. The third-order valence-electron chi connectivity index (χ3n) is 5.00. The first-order chi connectivity index (χ1) is 16.2. The lowest BCUT2D eigenvalue weighted by Crippen LogP contribution is -2.26. The summed E-state index contributed by atoms with van der Waals surface area (Å²) in [4.78, 5) is 36.5. The van der Waals surface area contributed by atoms with E-state index in [0.717, 1.165) is 0 Å². The fourth-order valence-corrected chi connectivity index (χ4v) is 4.92. The molecule has 34 heavy (non-hydrogen) atoms. The molecule has 0 radical (unpaired) electrons. The van der Waals surface area contributed by atoms with Crippen molar-refractivity contribution < 1.29 is 32.7 Å². The Morgan fingerprint density at radius 3 is 2.65 bits per heavy atom. The number of amides is 1. The lowest BCUT2D eigenvalue weighted by atomic mass is 10.1. The van der Waals surface area contributed by atoms with E-state index in [9.17, 15) is 14.2 Å². The Labute approximate surface area is 198 Å². The van der Waals surface area contributed by atoms with Crippen molar-refractivity contribution in [2.75, 3.05) is 31.5 Å². The van der Waals surface area contributed by atoms with Crippen LogP contribution in [0.1, 0.15) is 40.5 Å². The van der Waals surface area contributed by atoms with E-state index in [-0.39, 0.29) is 55.8 Å². The van der Waals surface area contributed by atoms with Crippen molar-refractivity contribution in [2.24, 2.45) is 11.8 Å². The second-order valence-corrected chi connectivity index (χ2v) is 10.6. The van der Waals surface area contributed by atoms with Crippen molar-refractivity contribution in [1.82, 2.24) is 19.5 Å². The minimum Gasteiger partial charge on any atom is -0.466 e. The SMILES string of the molecule is CCOC(=O)CC1COP(=O)(CO[C@H](C)Cn2cnc3c(NC(=O)CC(C)C)ncnc32)OC1. The normalized spacial score (nSPS) is 21.5. The van der Waals surface area contributed by atoms with Gasteiger partial charge < -0.3 is 28.4 Å². The number of esters is 1. The molecule has 0 bridgehead atoms. The summed E-state index contributed by atoms with van der Waals surface area (Å²) >= 11 is 0. The van der Waals surface area contributed by atoms with Crippen LogP contribution in [0.15, 0.2) is 12.7 Å². The maximum atomic E-state index is 12.8. The van der Waals surface area contributed by atoms with Gasteiger partial charge in [0, 0.05) is 12.3 Å². The predicted octanol–water partition coefficient (Wildman–Crippen LogP) is 2.98. The molecule has 1 saturated heterocycles. The Morgan fingerprint density at radius 2 is 1.97 bits per heavy atom. The van der Waals surface area contributed by atoms with Gasteiger partial charge in [0.2, 0.25) is 5.91 Å². The quantitative estimate of drug-likeness (QED) is 0.363. The summed E-state index contributed by atoms with van der Waals surface area (Å²) in [5, 5.41) is 2.78. The molecule has 0 aliphatic carbocycles. The van der Waals surface area contributed by atoms with Gasteiger partial charge in [-0.05, 0) is 19.8 Å². The zero-order valence-corrected chi connectivity index (χ0v) is 20.8. The van der Waals surface area contributed by atoms with Gasteiger partial charge in [0.05, 0.1) is 45.2 Å². The largest absolute Gasteiger partial charge is 0.466 e. The summed E-state index contributed by atoms with van der Waals surface area (Å²) in [7, 11) is -3.41. The van der Waals surface area contributed by atoms with E-state index in [1.165, 1.54) is 6.33 Å². The van der Waals surface area contributed by atoms with Gasteiger partial charge in [-0.1, -0.05) is 13.8 Å². The van der Waals surface area contributed by atoms with Gasteiger partial charge in [-0.2, -0.15) is 0 Å². The molecule has 188 valence electrons. The third-order valence-corrected chi connectivity index (χ3v) is 6.55. The van der Waals surface area contributed by atoms with Crippen LogP contribution in [-0.4, -0.2) is 63.7 Å². The van der Waals surface area contributed by atoms with Crippen LogP contribution < -0.4 is 5.32 Å². The van der Waals surface area contributed by atoms with E-state index in [1.54, 1.807) is 17.8 Å². The van der Waals surface area contributed by atoms with Crippen LogP contribution in [0.25, 0.3) is 11.2 Å². The molecule has 1 atom stereocenters. The van der Waals surface area contributed by atoms with E-state index in [2.05, 4.69) is 20.3 Å². The summed E-state index contributed by atoms with van der Waals surface area (Å²) in [6.45, 7) is 8.45. The molecule has 2 aromatic rings. The van der Waals surface area contributed by atoms with Crippen LogP contribution in [-0.2, 0) is 39.2 Å². The fraction of sp³-hybridized carbons (Fsp3) is 0.667. The Kier molecular flexibility index (Phi) is 9.12. The van der Waals surface area contributed by atoms with Crippen LogP contribution >= 0.6 is 7.60 Å². The number of nitrogens with one attached hydrogen (secondary N) is 1. The molecule has 0 spiro atoms. The predicted molar refractivity (Wildman–Crippen MR) is 123 cm³/mol. The molecule has 0 saturated carbocycles. The third kappa shape index (κ3) is 7.30. The van der Waals surface area contributed by atoms with Crippen LogP contribution in [0, 0.1) is 11.8 Å². The van der Waals surface area contributed by atoms with Gasteiger partial charge in [-0.25, -0.2) is 15.0 Å². The highest BCUT2D eigenvalue weighted by Gasteiger charge is 2.34. The average molecular weight is 497 g/mol. The van der Waals surface area contributed by atoms with E-state index < -0.39 is 7.60 Å². The summed E-state index contributed by atoms with van der Waals surface area (Å²) in [6.07, 6.45) is 2.92. The van der Waals surface area contributed by atoms with Gasteiger partial charge >= 0.3 is 13.6 Å². The topological polar surface area (TPSA) is 144 Å². The number of nitrogens with zero attached hydrogens (tertiary/aromatic N) is 4. The summed E-state index contributed by atoms with van der Waals surface area (Å²) in [6, 6.07) is 0. The number of anilines is 1. The Bertz CT molecular complexity index is 1030. The summed E-state index contributed by atoms with van der Waals surface area (Å²) in [5.41, 5.74) is 1.02. The molecule has 2 aromatic heterocycles. The molecule has 0 unspecified atom stereocenters. The number of rotatable bonds is 11. The van der Waals surface area contributed by atoms with E-state index in [4.69, 9.17) is 18.5 Å². The van der Waals surface area contributed by atoms with Crippen molar-refractivity contribution >= 4 is 36.5 Å². The number of carbonyl (C=O) groups is 2. The number of imidazole rings is 1. The second-order valence-electron chi connectivity index (χ2n) is 8.62. The summed E-state index contributed by atoms with van der Waals surface area (Å²) < 4.78 is 36.0. The molecule has 3 rings (SSSR count). The Morgan fingerprint density at radius 1 is 1.24 bits per heavy atom. The van der Waals surface area contributed by atoms with Crippen molar-refractivity contribution in [2.45, 2.75) is 53.2 Å². The highest BCUT2D eigenvalue weighted by atomic mass is 31.2. The van der Waals surface area contributed by atoms with Gasteiger partial charge in [0.25, 0.3) is 0 Å². The molecule has 1 fully saturated rings. The molecule has 1 N–H and O–H groups in total. The number of fused-ring (bicyclic) bond motifs is 1. The first-order valence-electron chi connectivity index (χ1n) is 11.3. The zero-order chi connectivity index (χ0) is 24.7. The highest BCUT2D eigenvalue weighted by molar-refractivity contribution is 7.53. The van der Waals surface area contributed by atoms with Crippen LogP contribution in [0.5, 0.6) is 0 Å². The fourth-order valence-electron chi connectivity index (χ4n) is 3.38. The number of ether oxygens (including phenoxy) is 2. The first kappa shape index (κ1) is 26.2. The molecule has 3 heterocycles. The average Bonchev–Trinajstić information content (AvgIpc) is 3.18. The molecule has 12 nitrogen and oxygen atoms in total. The molecular weight excluding hydrogens is 465 g/mol. The standard InChI is InChI=1S/C21H32N5O7P/c1-5-30-18(28)7-16-9-32-34(29,33-10-16)13-31-15(4)8-26-12-24-19-20(22-11-23-21(19)26)25-17(27)6-14(2)3/h11-12,14-16H,5-10,13H2,1-4H3,(H,22,23,25,27)/t15-,16?,34?/m1/s1. The van der Waals surface area contributed by atoms with Crippen molar-refractivity contribution in [3.63, 3.8) is 0 Å². The number of carbonyl (C=O) groups excluding carboxylic acids is 2. The number of aromatic nitrogens is 4. The van der Waals surface area contributed by atoms with E-state index in [0.29, 0.717) is 36.6 Å². The van der Waals surface area contributed by atoms with Crippen LogP contribution in [0.3, 0.4) is 0 Å². The lowest BCUT2D eigenvalue weighted by Gasteiger charge is -2.29. The Balaban J connectivity index is 1.52. The monoisotopic (exact) mass is 497 g/mol. The van der Waals surface area contributed by atoms with Crippen molar-refractivity contribution in [3.05, 3.63) is 12.7 Å². The van der Waals surface area contributed by atoms with Gasteiger partial charge in [-0.3, -0.25) is 14.2 Å². The lowest BCUT2D eigenvalue weighted by molar-refractivity contribution is -0.145. The molecule has 1 aliphatic heterocycles. The van der Waals surface area contributed by atoms with E-state index in [1.807, 2.05) is 20.8 Å². The molecule has 1 aliphatic rings. The van der Waals surface area contributed by atoms with Crippen molar-refractivity contribution in [1.29, 1.82) is 0 Å². The van der Waals surface area contributed by atoms with Gasteiger partial charge in [0.1, 0.15) is 12.7 Å². The smallest absolute Gasteiger partial charge is 0.356 e. The van der Waals surface area contributed by atoms with Gasteiger partial charge in [0.15, 0.2) is 17.0 Å². The Hall–Kier alpha value is -2.40. The molecule has 1 amide bonds. The number of hydrogen-bond acceptors (Lipinski definition) is 10. The maximum Gasteiger partial charge on any atom is 0.356 e. The van der Waals surface area contributed by atoms with E-state index >= 15 is 0 Å². The second kappa shape index (κ2) is 11.8. The van der Waals surface area contributed by atoms with Crippen LogP contribution in [0.4, 0.5) is 5.82 Å². The zero-order valence-electron chi connectivity index (χ0n) is 19.9.